The van der Waals surface area contributed by atoms with Crippen LogP contribution in [0, 0.1) is 11.3 Å². The Morgan fingerprint density at radius 2 is 1.87 bits per heavy atom. The molecule has 2 N–H and O–H groups in total. The van der Waals surface area contributed by atoms with Crippen LogP contribution in [-0.4, -0.2) is 24.9 Å². The summed E-state index contributed by atoms with van der Waals surface area (Å²) in [6.45, 7) is 4.35. The summed E-state index contributed by atoms with van der Waals surface area (Å²) in [5.41, 5.74) is 0.918. The van der Waals surface area contributed by atoms with Crippen LogP contribution < -0.4 is 10.6 Å². The third-order valence-corrected chi connectivity index (χ3v) is 1.41. The van der Waals surface area contributed by atoms with E-state index in [4.69, 9.17) is 5.26 Å². The van der Waals surface area contributed by atoms with Gasteiger partial charge in [-0.25, -0.2) is 0 Å². The van der Waals surface area contributed by atoms with Crippen molar-refractivity contribution >= 4 is 11.8 Å². The minimum atomic E-state index is -0.325. The number of rotatable bonds is 5. The molecule has 0 unspecified atom stereocenters. The molecule has 0 aromatic rings. The number of allylic oxidation sites excluding steroid dienone is 1. The molecule has 0 aromatic carbocycles. The van der Waals surface area contributed by atoms with Crippen LogP contribution in [0.15, 0.2) is 11.6 Å². The molecule has 82 valence electrons. The zero-order valence-corrected chi connectivity index (χ0v) is 8.96. The van der Waals surface area contributed by atoms with Gasteiger partial charge in [-0.2, -0.15) is 5.26 Å². The minimum Gasteiger partial charge on any atom is -0.353 e. The van der Waals surface area contributed by atoms with E-state index in [-0.39, 0.29) is 18.2 Å². The highest BCUT2D eigenvalue weighted by Crippen LogP contribution is 1.86. The van der Waals surface area contributed by atoms with Crippen molar-refractivity contribution in [3.63, 3.8) is 0 Å². The summed E-state index contributed by atoms with van der Waals surface area (Å²) >= 11 is 0. The van der Waals surface area contributed by atoms with E-state index in [0.29, 0.717) is 13.1 Å². The smallest absolute Gasteiger partial charge is 0.243 e. The van der Waals surface area contributed by atoms with Gasteiger partial charge in [0.2, 0.25) is 11.8 Å². The van der Waals surface area contributed by atoms with Crippen LogP contribution >= 0.6 is 0 Å². The van der Waals surface area contributed by atoms with Crippen LogP contribution in [0.3, 0.4) is 0 Å². The molecule has 0 rings (SSSR count). The number of amides is 2. The second-order valence-corrected chi connectivity index (χ2v) is 3.20. The fourth-order valence-electron chi connectivity index (χ4n) is 0.835. The van der Waals surface area contributed by atoms with Crippen molar-refractivity contribution in [3.05, 3.63) is 11.6 Å². The molecular weight excluding hydrogens is 194 g/mol. The van der Waals surface area contributed by atoms with E-state index in [0.717, 1.165) is 5.57 Å². The first kappa shape index (κ1) is 13.2. The average molecular weight is 209 g/mol. The van der Waals surface area contributed by atoms with Crippen LogP contribution in [0.4, 0.5) is 0 Å². The first-order valence-corrected chi connectivity index (χ1v) is 4.62. The quantitative estimate of drug-likeness (QED) is 0.497. The molecule has 0 aliphatic carbocycles. The van der Waals surface area contributed by atoms with Gasteiger partial charge < -0.3 is 10.6 Å². The van der Waals surface area contributed by atoms with Gasteiger partial charge >= 0.3 is 0 Å². The zero-order chi connectivity index (χ0) is 11.7. The van der Waals surface area contributed by atoms with Crippen molar-refractivity contribution in [2.75, 3.05) is 13.1 Å². The number of hydrogen-bond acceptors (Lipinski definition) is 3. The van der Waals surface area contributed by atoms with E-state index in [1.807, 2.05) is 13.8 Å². The lowest BCUT2D eigenvalue weighted by molar-refractivity contribution is -0.120. The number of carbonyl (C=O) groups is 2. The second-order valence-electron chi connectivity index (χ2n) is 3.20. The molecule has 0 saturated carbocycles. The Hall–Kier alpha value is -1.83. The average Bonchev–Trinajstić information content (AvgIpc) is 2.12. The Balaban J connectivity index is 3.56. The highest BCUT2D eigenvalue weighted by atomic mass is 16.2. The Kier molecular flexibility index (Phi) is 6.64. The lowest BCUT2D eigenvalue weighted by Crippen LogP contribution is -2.33. The van der Waals surface area contributed by atoms with Crippen molar-refractivity contribution in [3.8, 4) is 6.07 Å². The molecule has 0 fully saturated rings. The Morgan fingerprint density at radius 3 is 2.40 bits per heavy atom. The van der Waals surface area contributed by atoms with Crippen LogP contribution in [0.25, 0.3) is 0 Å². The Labute approximate surface area is 89.1 Å². The van der Waals surface area contributed by atoms with Gasteiger partial charge in [-0.3, -0.25) is 9.59 Å². The predicted octanol–water partition coefficient (Wildman–Crippen LogP) is 0.0987. The fourth-order valence-corrected chi connectivity index (χ4v) is 0.835. The van der Waals surface area contributed by atoms with E-state index in [1.54, 1.807) is 6.07 Å². The van der Waals surface area contributed by atoms with E-state index >= 15 is 0 Å². The van der Waals surface area contributed by atoms with Crippen LogP contribution in [0.5, 0.6) is 0 Å². The largest absolute Gasteiger partial charge is 0.353 e. The minimum absolute atomic E-state index is 0.151. The maximum Gasteiger partial charge on any atom is 0.243 e. The van der Waals surface area contributed by atoms with Crippen molar-refractivity contribution in [2.45, 2.75) is 20.3 Å². The second kappa shape index (κ2) is 7.56. The maximum atomic E-state index is 11.1. The van der Waals surface area contributed by atoms with Crippen LogP contribution in [0.1, 0.15) is 20.3 Å². The molecule has 0 aromatic heterocycles. The predicted molar refractivity (Wildman–Crippen MR) is 55.7 cm³/mol. The first-order chi connectivity index (χ1) is 7.06. The summed E-state index contributed by atoms with van der Waals surface area (Å²) in [5, 5.41) is 13.3. The molecule has 0 radical (unpaired) electrons. The number of carbonyl (C=O) groups excluding carboxylic acids is 2. The van der Waals surface area contributed by atoms with E-state index in [9.17, 15) is 9.59 Å². The fraction of sp³-hybridized carbons (Fsp3) is 0.500. The molecule has 5 nitrogen and oxygen atoms in total. The lowest BCUT2D eigenvalue weighted by atomic mass is 10.3. The van der Waals surface area contributed by atoms with Gasteiger partial charge in [0.1, 0.15) is 6.42 Å². The van der Waals surface area contributed by atoms with E-state index in [2.05, 4.69) is 10.6 Å². The Bertz CT molecular complexity index is 298. The van der Waals surface area contributed by atoms with Crippen LogP contribution in [0.2, 0.25) is 0 Å². The molecule has 0 atom stereocenters. The SMILES string of the molecule is CC(C)=CC(=O)NCCNC(=O)CC#N. The van der Waals surface area contributed by atoms with Gasteiger partial charge in [-0.15, -0.1) is 0 Å². The standard InChI is InChI=1S/C10H15N3O2/c1-8(2)7-10(15)13-6-5-12-9(14)3-4-11/h7H,3,5-6H2,1-2H3,(H,12,14)(H,13,15). The van der Waals surface area contributed by atoms with Gasteiger partial charge in [-0.1, -0.05) is 5.57 Å². The van der Waals surface area contributed by atoms with Crippen molar-refractivity contribution < 1.29 is 9.59 Å². The number of nitriles is 1. The van der Waals surface area contributed by atoms with Crippen molar-refractivity contribution in [1.29, 1.82) is 5.26 Å². The summed E-state index contributed by atoms with van der Waals surface area (Å²) in [4.78, 5) is 21.9. The third-order valence-electron chi connectivity index (χ3n) is 1.41. The highest BCUT2D eigenvalue weighted by Gasteiger charge is 1.99. The van der Waals surface area contributed by atoms with E-state index < -0.39 is 0 Å². The molecule has 0 saturated heterocycles. The molecule has 0 heterocycles. The van der Waals surface area contributed by atoms with Gasteiger partial charge in [0, 0.05) is 19.2 Å². The molecule has 5 heteroatoms. The molecule has 0 bridgehead atoms. The summed E-state index contributed by atoms with van der Waals surface area (Å²) < 4.78 is 0. The first-order valence-electron chi connectivity index (χ1n) is 4.62. The molecule has 2 amide bonds. The topological polar surface area (TPSA) is 82.0 Å². The Morgan fingerprint density at radius 1 is 1.27 bits per heavy atom. The zero-order valence-electron chi connectivity index (χ0n) is 8.96. The summed E-state index contributed by atoms with van der Waals surface area (Å²) in [5.74, 6) is -0.501. The van der Waals surface area contributed by atoms with Crippen LogP contribution in [-0.2, 0) is 9.59 Å². The van der Waals surface area contributed by atoms with Crippen molar-refractivity contribution in [2.24, 2.45) is 0 Å². The molecule has 15 heavy (non-hydrogen) atoms. The van der Waals surface area contributed by atoms with Crippen molar-refractivity contribution in [1.82, 2.24) is 10.6 Å². The normalized spacial score (nSPS) is 8.60. The van der Waals surface area contributed by atoms with Gasteiger partial charge in [-0.05, 0) is 13.8 Å². The summed E-state index contributed by atoms with van der Waals surface area (Å²) in [6, 6.07) is 1.73. The monoisotopic (exact) mass is 209 g/mol. The molecule has 0 spiro atoms. The highest BCUT2D eigenvalue weighted by molar-refractivity contribution is 5.88. The maximum absolute atomic E-state index is 11.1. The molecular formula is C10H15N3O2. The van der Waals surface area contributed by atoms with E-state index in [1.165, 1.54) is 6.08 Å². The van der Waals surface area contributed by atoms with Gasteiger partial charge in [0.05, 0.1) is 6.07 Å². The molecule has 0 aliphatic rings. The lowest BCUT2D eigenvalue weighted by Gasteiger charge is -2.03. The summed E-state index contributed by atoms with van der Waals surface area (Å²) in [6.07, 6.45) is 1.33. The third kappa shape index (κ3) is 8.50. The van der Waals surface area contributed by atoms with Gasteiger partial charge in [0.25, 0.3) is 0 Å². The number of nitrogens with one attached hydrogen (secondary N) is 2. The molecule has 0 aliphatic heterocycles. The summed E-state index contributed by atoms with van der Waals surface area (Å²) in [7, 11) is 0. The number of nitrogens with zero attached hydrogens (tertiary/aromatic N) is 1. The number of hydrogen-bond donors (Lipinski definition) is 2. The van der Waals surface area contributed by atoms with Gasteiger partial charge in [0.15, 0.2) is 0 Å².